The third-order valence-corrected chi connectivity index (χ3v) is 5.86. The fraction of sp³-hybridized carbons (Fsp3) is 0.304. The van der Waals surface area contributed by atoms with Crippen molar-refractivity contribution in [3.05, 3.63) is 53.1 Å². The summed E-state index contributed by atoms with van der Waals surface area (Å²) in [6.07, 6.45) is 10.7. The van der Waals surface area contributed by atoms with E-state index in [9.17, 15) is 4.79 Å². The first-order valence-electron chi connectivity index (χ1n) is 10.7. The number of amidine groups is 1. The first kappa shape index (κ1) is 20.0. The number of carbonyl (C=O) groups excluding carboxylic acids is 1. The smallest absolute Gasteiger partial charge is 0.156 e. The summed E-state index contributed by atoms with van der Waals surface area (Å²) in [7, 11) is 0. The molecule has 9 heteroatoms. The molecule has 1 fully saturated rings. The lowest BCUT2D eigenvalue weighted by Gasteiger charge is -2.10. The molecule has 0 radical (unpaired) electrons. The van der Waals surface area contributed by atoms with Crippen LogP contribution in [-0.4, -0.2) is 42.9 Å². The van der Waals surface area contributed by atoms with Gasteiger partial charge in [-0.1, -0.05) is 0 Å². The summed E-state index contributed by atoms with van der Waals surface area (Å²) in [5, 5.41) is 21.2. The molecule has 4 heterocycles. The Labute approximate surface area is 185 Å². The molecular formula is C23H24N8O. The van der Waals surface area contributed by atoms with Crippen molar-refractivity contribution in [1.82, 2.24) is 24.5 Å². The summed E-state index contributed by atoms with van der Waals surface area (Å²) in [6.45, 7) is 4.44. The number of hydrogen-bond acceptors (Lipinski definition) is 6. The van der Waals surface area contributed by atoms with Crippen LogP contribution in [0.2, 0.25) is 0 Å². The van der Waals surface area contributed by atoms with Gasteiger partial charge in [0.05, 0.1) is 22.6 Å². The zero-order chi connectivity index (χ0) is 22.2. The molecule has 0 atom stereocenters. The summed E-state index contributed by atoms with van der Waals surface area (Å²) < 4.78 is 3.60. The second-order valence-corrected chi connectivity index (χ2v) is 8.21. The van der Waals surface area contributed by atoms with Gasteiger partial charge in [0.25, 0.3) is 0 Å². The lowest BCUT2D eigenvalue weighted by molar-refractivity contribution is 0.112. The Morgan fingerprint density at radius 3 is 2.69 bits per heavy atom. The highest BCUT2D eigenvalue weighted by molar-refractivity contribution is 6.06. The lowest BCUT2D eigenvalue weighted by Crippen LogP contribution is -2.15. The van der Waals surface area contributed by atoms with E-state index in [1.54, 1.807) is 30.1 Å². The van der Waals surface area contributed by atoms with Gasteiger partial charge in [0, 0.05) is 48.8 Å². The number of fused-ring (bicyclic) bond motifs is 1. The maximum Gasteiger partial charge on any atom is 0.156 e. The van der Waals surface area contributed by atoms with Crippen molar-refractivity contribution in [2.75, 3.05) is 5.32 Å². The number of rotatable bonds is 5. The van der Waals surface area contributed by atoms with Crippen LogP contribution in [0.4, 0.5) is 5.82 Å². The van der Waals surface area contributed by atoms with Crippen LogP contribution >= 0.6 is 0 Å². The summed E-state index contributed by atoms with van der Waals surface area (Å²) in [5.74, 6) is 2.11. The average Bonchev–Trinajstić information content (AvgIpc) is 3.46. The fourth-order valence-corrected chi connectivity index (χ4v) is 3.98. The van der Waals surface area contributed by atoms with Crippen LogP contribution in [0.3, 0.4) is 0 Å². The first-order valence-corrected chi connectivity index (χ1v) is 10.7. The zero-order valence-electron chi connectivity index (χ0n) is 18.0. The number of aryl methyl sites for hydroxylation is 1. The number of aliphatic imine (C=N–C) groups is 1. The van der Waals surface area contributed by atoms with Crippen LogP contribution in [-0.2, 0) is 13.0 Å². The molecule has 1 saturated carbocycles. The van der Waals surface area contributed by atoms with Gasteiger partial charge in [-0.2, -0.15) is 10.2 Å². The zero-order valence-corrected chi connectivity index (χ0v) is 18.0. The Hall–Kier alpha value is -3.88. The highest BCUT2D eigenvalue weighted by Crippen LogP contribution is 2.35. The van der Waals surface area contributed by atoms with Gasteiger partial charge in [-0.05, 0) is 44.7 Å². The van der Waals surface area contributed by atoms with E-state index >= 15 is 0 Å². The van der Waals surface area contributed by atoms with E-state index in [1.165, 1.54) is 12.8 Å². The summed E-state index contributed by atoms with van der Waals surface area (Å²) >= 11 is 0. The molecule has 162 valence electrons. The van der Waals surface area contributed by atoms with Gasteiger partial charge in [-0.25, -0.2) is 14.4 Å². The quantitative estimate of drug-likeness (QED) is 0.604. The Kier molecular flexibility index (Phi) is 5.01. The van der Waals surface area contributed by atoms with E-state index in [-0.39, 0.29) is 5.84 Å². The molecule has 2 N–H and O–H groups in total. The van der Waals surface area contributed by atoms with Crippen LogP contribution in [0.5, 0.6) is 0 Å². The van der Waals surface area contributed by atoms with Crippen molar-refractivity contribution in [1.29, 1.82) is 5.41 Å². The monoisotopic (exact) mass is 428 g/mol. The normalized spacial score (nSPS) is 18.6. The molecule has 3 aromatic heterocycles. The Morgan fingerprint density at radius 1 is 1.22 bits per heavy atom. The minimum absolute atomic E-state index is 0.179. The molecule has 0 amide bonds. The highest BCUT2D eigenvalue weighted by Gasteiger charge is 2.27. The molecule has 32 heavy (non-hydrogen) atoms. The Bertz CT molecular complexity index is 1260. The summed E-state index contributed by atoms with van der Waals surface area (Å²) in [6, 6.07) is 3.89. The van der Waals surface area contributed by atoms with Crippen LogP contribution in [0, 0.1) is 25.2 Å². The van der Waals surface area contributed by atoms with Crippen molar-refractivity contribution in [3.63, 3.8) is 0 Å². The van der Waals surface area contributed by atoms with E-state index in [4.69, 9.17) is 10.5 Å². The van der Waals surface area contributed by atoms with E-state index < -0.39 is 0 Å². The largest absolute Gasteiger partial charge is 0.325 e. The number of nitrogens with one attached hydrogen (secondary N) is 2. The predicted molar refractivity (Wildman–Crippen MR) is 123 cm³/mol. The third-order valence-electron chi connectivity index (χ3n) is 5.86. The molecule has 3 aromatic rings. The van der Waals surface area contributed by atoms with E-state index in [1.807, 2.05) is 30.0 Å². The number of nitrogens with zero attached hydrogens (tertiary/aromatic N) is 6. The Morgan fingerprint density at radius 2 is 2.00 bits per heavy atom. The number of aromatic nitrogens is 5. The van der Waals surface area contributed by atoms with Crippen molar-refractivity contribution in [2.24, 2.45) is 10.9 Å². The number of aldehydes is 1. The molecule has 0 spiro atoms. The molecule has 1 aliphatic carbocycles. The van der Waals surface area contributed by atoms with Crippen LogP contribution < -0.4 is 5.32 Å². The second-order valence-electron chi connectivity index (χ2n) is 8.21. The molecule has 0 unspecified atom stereocenters. The highest BCUT2D eigenvalue weighted by atomic mass is 16.1. The number of anilines is 1. The van der Waals surface area contributed by atoms with Gasteiger partial charge in [-0.15, -0.1) is 0 Å². The molecule has 0 aromatic carbocycles. The van der Waals surface area contributed by atoms with E-state index in [2.05, 4.69) is 20.4 Å². The number of hydrogen-bond donors (Lipinski definition) is 2. The van der Waals surface area contributed by atoms with Gasteiger partial charge < -0.3 is 5.32 Å². The third kappa shape index (κ3) is 3.66. The summed E-state index contributed by atoms with van der Waals surface area (Å²) in [5.41, 5.74) is 4.71. The minimum Gasteiger partial charge on any atom is -0.325 e. The molecule has 0 bridgehead atoms. The van der Waals surface area contributed by atoms with E-state index in [0.29, 0.717) is 35.1 Å². The van der Waals surface area contributed by atoms with Gasteiger partial charge in [0.1, 0.15) is 11.7 Å². The Balaban J connectivity index is 1.58. The molecule has 5 rings (SSSR count). The van der Waals surface area contributed by atoms with Crippen LogP contribution in [0.1, 0.15) is 40.2 Å². The molecule has 2 aliphatic rings. The minimum atomic E-state index is 0.179. The van der Waals surface area contributed by atoms with Gasteiger partial charge in [0.15, 0.2) is 12.1 Å². The van der Waals surface area contributed by atoms with Crippen molar-refractivity contribution < 1.29 is 4.79 Å². The topological polar surface area (TPSA) is 114 Å². The van der Waals surface area contributed by atoms with Crippen molar-refractivity contribution in [3.8, 4) is 11.3 Å². The molecule has 0 saturated heterocycles. The number of pyridine rings is 1. The molecule has 9 nitrogen and oxygen atoms in total. The standard InChI is InChI=1S/C23H24N8O/c1-14-19(13-32)15(2)31(28-14)21-11-20(24)27-23-18(7-10-26-21)22(17-5-8-25-9-6-17)29-30(23)12-16-3-4-16/h5-6,8-11,13,16H,3-4,7,12H2,1-2H3,(H2,24,27)/b21-11+,26-10-. The van der Waals surface area contributed by atoms with Gasteiger partial charge >= 0.3 is 0 Å². The average molecular weight is 429 g/mol. The van der Waals surface area contributed by atoms with E-state index in [0.717, 1.165) is 35.5 Å². The number of carbonyl (C=O) groups is 1. The molecular weight excluding hydrogens is 404 g/mol. The predicted octanol–water partition coefficient (Wildman–Crippen LogP) is 3.50. The maximum atomic E-state index is 11.4. The van der Waals surface area contributed by atoms with Gasteiger partial charge in [-0.3, -0.25) is 15.2 Å². The maximum absolute atomic E-state index is 11.4. The summed E-state index contributed by atoms with van der Waals surface area (Å²) in [4.78, 5) is 20.2. The van der Waals surface area contributed by atoms with Crippen LogP contribution in [0.15, 0.2) is 35.6 Å². The molecule has 1 aliphatic heterocycles. The lowest BCUT2D eigenvalue weighted by atomic mass is 10.1. The second kappa shape index (κ2) is 7.99. The SMILES string of the molecule is Cc1nn(C2=C/C(=N)Nc3c(c(-c4ccncc4)nn3CC3CC3)C/C=N\2)c(C)c1C=O. The van der Waals surface area contributed by atoms with Crippen LogP contribution in [0.25, 0.3) is 17.1 Å². The van der Waals surface area contributed by atoms with Crippen molar-refractivity contribution >= 4 is 30.0 Å². The fourth-order valence-electron chi connectivity index (χ4n) is 3.98. The van der Waals surface area contributed by atoms with Gasteiger partial charge in [0.2, 0.25) is 0 Å². The first-order chi connectivity index (χ1) is 15.5. The van der Waals surface area contributed by atoms with Crippen molar-refractivity contribution in [2.45, 2.75) is 39.7 Å².